The standard InChI is InChI=1S/C10H16F3NO3/c1-4-17-8(15)5-6-14(7(2)3)9(16)10(11,12)13/h7H,4-6H2,1-3H3. The third-order valence-electron chi connectivity index (χ3n) is 1.99. The summed E-state index contributed by atoms with van der Waals surface area (Å²) in [4.78, 5) is 22.6. The molecule has 4 nitrogen and oxygen atoms in total. The van der Waals surface area contributed by atoms with Gasteiger partial charge >= 0.3 is 18.1 Å². The monoisotopic (exact) mass is 255 g/mol. The van der Waals surface area contributed by atoms with E-state index in [-0.39, 0.29) is 19.6 Å². The number of hydrogen-bond acceptors (Lipinski definition) is 3. The lowest BCUT2D eigenvalue weighted by molar-refractivity contribution is -0.187. The third-order valence-corrected chi connectivity index (χ3v) is 1.99. The first-order chi connectivity index (χ1) is 7.70. The van der Waals surface area contributed by atoms with Gasteiger partial charge in [0.2, 0.25) is 0 Å². The van der Waals surface area contributed by atoms with E-state index in [4.69, 9.17) is 0 Å². The maximum Gasteiger partial charge on any atom is 0.471 e. The molecule has 0 radical (unpaired) electrons. The molecule has 0 aromatic rings. The molecule has 0 rings (SSSR count). The Morgan fingerprint density at radius 1 is 1.29 bits per heavy atom. The molecule has 1 amide bonds. The van der Waals surface area contributed by atoms with Gasteiger partial charge in [-0.25, -0.2) is 0 Å². The summed E-state index contributed by atoms with van der Waals surface area (Å²) in [5.41, 5.74) is 0. The highest BCUT2D eigenvalue weighted by Gasteiger charge is 2.43. The third kappa shape index (κ3) is 5.55. The number of esters is 1. The molecule has 0 saturated carbocycles. The van der Waals surface area contributed by atoms with Crippen LogP contribution in [0.15, 0.2) is 0 Å². The smallest absolute Gasteiger partial charge is 0.466 e. The molecule has 0 heterocycles. The molecular weight excluding hydrogens is 239 g/mol. The van der Waals surface area contributed by atoms with Gasteiger partial charge in [-0.3, -0.25) is 9.59 Å². The summed E-state index contributed by atoms with van der Waals surface area (Å²) in [5, 5.41) is 0. The van der Waals surface area contributed by atoms with Crippen molar-refractivity contribution in [2.45, 2.75) is 39.4 Å². The molecule has 0 aliphatic rings. The Morgan fingerprint density at radius 2 is 1.82 bits per heavy atom. The maximum atomic E-state index is 12.2. The van der Waals surface area contributed by atoms with Gasteiger partial charge in [-0.2, -0.15) is 13.2 Å². The van der Waals surface area contributed by atoms with Crippen molar-refractivity contribution in [2.75, 3.05) is 13.2 Å². The minimum Gasteiger partial charge on any atom is -0.466 e. The number of alkyl halides is 3. The van der Waals surface area contributed by atoms with Crippen molar-refractivity contribution >= 4 is 11.9 Å². The minimum absolute atomic E-state index is 0.160. The first kappa shape index (κ1) is 15.7. The van der Waals surface area contributed by atoms with Crippen LogP contribution in [0.3, 0.4) is 0 Å². The molecular formula is C10H16F3NO3. The summed E-state index contributed by atoms with van der Waals surface area (Å²) in [7, 11) is 0. The van der Waals surface area contributed by atoms with E-state index in [2.05, 4.69) is 4.74 Å². The van der Waals surface area contributed by atoms with E-state index >= 15 is 0 Å². The largest absolute Gasteiger partial charge is 0.471 e. The normalized spacial score (nSPS) is 11.5. The molecule has 0 saturated heterocycles. The predicted octanol–water partition coefficient (Wildman–Crippen LogP) is 1.74. The molecule has 0 aromatic heterocycles. The summed E-state index contributed by atoms with van der Waals surface area (Å²) in [6.07, 6.45) is -5.16. The summed E-state index contributed by atoms with van der Waals surface area (Å²) in [6.45, 7) is 4.37. The number of halogens is 3. The van der Waals surface area contributed by atoms with Crippen LogP contribution in [-0.4, -0.2) is 42.1 Å². The minimum atomic E-state index is -4.92. The zero-order chi connectivity index (χ0) is 13.6. The van der Waals surface area contributed by atoms with Crippen molar-refractivity contribution in [1.82, 2.24) is 4.90 Å². The quantitative estimate of drug-likeness (QED) is 0.703. The molecule has 0 aliphatic carbocycles. The molecule has 100 valence electrons. The second kappa shape index (κ2) is 6.46. The second-order valence-electron chi connectivity index (χ2n) is 3.65. The maximum absolute atomic E-state index is 12.2. The topological polar surface area (TPSA) is 46.6 Å². The fourth-order valence-corrected chi connectivity index (χ4v) is 1.20. The van der Waals surface area contributed by atoms with Crippen LogP contribution in [0.5, 0.6) is 0 Å². The first-order valence-corrected chi connectivity index (χ1v) is 5.23. The predicted molar refractivity (Wildman–Crippen MR) is 54.2 cm³/mol. The Bertz CT molecular complexity index is 276. The van der Waals surface area contributed by atoms with Crippen molar-refractivity contribution < 1.29 is 27.5 Å². The summed E-state index contributed by atoms with van der Waals surface area (Å²) in [6, 6.07) is -0.626. The van der Waals surface area contributed by atoms with Crippen molar-refractivity contribution in [3.63, 3.8) is 0 Å². The molecule has 0 unspecified atom stereocenters. The van der Waals surface area contributed by atoms with Gasteiger partial charge in [0.1, 0.15) is 0 Å². The number of rotatable bonds is 5. The van der Waals surface area contributed by atoms with Crippen LogP contribution in [0.2, 0.25) is 0 Å². The van der Waals surface area contributed by atoms with Gasteiger partial charge < -0.3 is 9.64 Å². The van der Waals surface area contributed by atoms with Crippen LogP contribution in [0, 0.1) is 0 Å². The first-order valence-electron chi connectivity index (χ1n) is 5.23. The number of carbonyl (C=O) groups excluding carboxylic acids is 2. The Morgan fingerprint density at radius 3 is 2.18 bits per heavy atom. The van der Waals surface area contributed by atoms with E-state index in [1.54, 1.807) is 6.92 Å². The van der Waals surface area contributed by atoms with Gasteiger partial charge in [0.25, 0.3) is 0 Å². The molecule has 0 aromatic carbocycles. The van der Waals surface area contributed by atoms with E-state index in [9.17, 15) is 22.8 Å². The van der Waals surface area contributed by atoms with Crippen molar-refractivity contribution in [1.29, 1.82) is 0 Å². The van der Waals surface area contributed by atoms with Crippen LogP contribution in [0.4, 0.5) is 13.2 Å². The average molecular weight is 255 g/mol. The lowest BCUT2D eigenvalue weighted by Crippen LogP contribution is -2.45. The zero-order valence-corrected chi connectivity index (χ0v) is 10.0. The number of ether oxygens (including phenoxy) is 1. The van der Waals surface area contributed by atoms with Crippen molar-refractivity contribution in [3.05, 3.63) is 0 Å². The van der Waals surface area contributed by atoms with Gasteiger partial charge in [0.15, 0.2) is 0 Å². The zero-order valence-electron chi connectivity index (χ0n) is 10.0. The fraction of sp³-hybridized carbons (Fsp3) is 0.800. The molecule has 17 heavy (non-hydrogen) atoms. The van der Waals surface area contributed by atoms with Crippen LogP contribution < -0.4 is 0 Å². The fourth-order valence-electron chi connectivity index (χ4n) is 1.20. The number of hydrogen-bond donors (Lipinski definition) is 0. The van der Waals surface area contributed by atoms with Crippen LogP contribution in [0.25, 0.3) is 0 Å². The molecule has 0 atom stereocenters. The van der Waals surface area contributed by atoms with E-state index in [1.807, 2.05) is 0 Å². The molecule has 0 N–H and O–H groups in total. The Kier molecular flexibility index (Phi) is 5.98. The summed E-state index contributed by atoms with van der Waals surface area (Å²) in [5.74, 6) is -2.55. The van der Waals surface area contributed by atoms with E-state index in [0.29, 0.717) is 4.90 Å². The molecule has 0 bridgehead atoms. The van der Waals surface area contributed by atoms with E-state index in [1.165, 1.54) is 13.8 Å². The van der Waals surface area contributed by atoms with Crippen LogP contribution in [0.1, 0.15) is 27.2 Å². The van der Waals surface area contributed by atoms with Gasteiger partial charge in [-0.15, -0.1) is 0 Å². The van der Waals surface area contributed by atoms with Gasteiger partial charge in [0.05, 0.1) is 13.0 Å². The number of nitrogens with zero attached hydrogens (tertiary/aromatic N) is 1. The number of amides is 1. The van der Waals surface area contributed by atoms with Crippen molar-refractivity contribution in [3.8, 4) is 0 Å². The van der Waals surface area contributed by atoms with Crippen molar-refractivity contribution in [2.24, 2.45) is 0 Å². The average Bonchev–Trinajstić information content (AvgIpc) is 2.16. The Labute approximate surface area is 97.7 Å². The second-order valence-corrected chi connectivity index (χ2v) is 3.65. The molecule has 0 fully saturated rings. The molecule has 7 heteroatoms. The van der Waals surface area contributed by atoms with E-state index in [0.717, 1.165) is 0 Å². The highest BCUT2D eigenvalue weighted by atomic mass is 19.4. The summed E-state index contributed by atoms with van der Waals surface area (Å²) >= 11 is 0. The number of carbonyl (C=O) groups is 2. The SMILES string of the molecule is CCOC(=O)CCN(C(=O)C(F)(F)F)C(C)C. The lowest BCUT2D eigenvalue weighted by Gasteiger charge is -2.27. The van der Waals surface area contributed by atoms with Gasteiger partial charge in [-0.05, 0) is 20.8 Å². The molecule has 0 aliphatic heterocycles. The van der Waals surface area contributed by atoms with E-state index < -0.39 is 24.1 Å². The lowest BCUT2D eigenvalue weighted by atomic mass is 10.2. The van der Waals surface area contributed by atoms with Gasteiger partial charge in [-0.1, -0.05) is 0 Å². The molecule has 0 spiro atoms. The highest BCUT2D eigenvalue weighted by molar-refractivity contribution is 5.82. The van der Waals surface area contributed by atoms with Crippen LogP contribution in [-0.2, 0) is 14.3 Å². The summed E-state index contributed by atoms with van der Waals surface area (Å²) < 4.78 is 41.3. The van der Waals surface area contributed by atoms with Gasteiger partial charge in [0, 0.05) is 12.6 Å². The Balaban J connectivity index is 4.46. The van der Waals surface area contributed by atoms with Crippen LogP contribution >= 0.6 is 0 Å². The Hall–Kier alpha value is -1.27. The highest BCUT2D eigenvalue weighted by Crippen LogP contribution is 2.20.